The SMILES string of the molecule is c1ccc(-n2ccc3ccc4c5ccccc5n(-c5ccc(-n6c7ccccc7c7ccccc76)cc5)c4c32)cc1. The van der Waals surface area contributed by atoms with Gasteiger partial charge in [0.15, 0.2) is 0 Å². The van der Waals surface area contributed by atoms with E-state index in [2.05, 4.69) is 165 Å². The summed E-state index contributed by atoms with van der Waals surface area (Å²) in [6.45, 7) is 0. The van der Waals surface area contributed by atoms with Gasteiger partial charge in [0.1, 0.15) is 0 Å². The Bertz CT molecular complexity index is 2350. The van der Waals surface area contributed by atoms with E-state index < -0.39 is 0 Å². The van der Waals surface area contributed by atoms with Crippen molar-refractivity contribution in [1.82, 2.24) is 13.7 Å². The molecule has 9 rings (SSSR count). The van der Waals surface area contributed by atoms with Crippen LogP contribution in [-0.2, 0) is 0 Å². The van der Waals surface area contributed by atoms with Crippen LogP contribution in [0.15, 0.2) is 152 Å². The molecular formula is C38H25N3. The van der Waals surface area contributed by atoms with E-state index in [9.17, 15) is 0 Å². The topological polar surface area (TPSA) is 14.8 Å². The predicted octanol–water partition coefficient (Wildman–Crippen LogP) is 9.82. The van der Waals surface area contributed by atoms with Crippen molar-refractivity contribution in [2.75, 3.05) is 0 Å². The average molecular weight is 524 g/mol. The van der Waals surface area contributed by atoms with Gasteiger partial charge in [0.25, 0.3) is 0 Å². The van der Waals surface area contributed by atoms with Gasteiger partial charge in [0.2, 0.25) is 0 Å². The molecule has 0 unspecified atom stereocenters. The first-order valence-corrected chi connectivity index (χ1v) is 14.0. The molecule has 41 heavy (non-hydrogen) atoms. The smallest absolute Gasteiger partial charge is 0.0788 e. The fourth-order valence-corrected chi connectivity index (χ4v) is 6.70. The Balaban J connectivity index is 1.32. The summed E-state index contributed by atoms with van der Waals surface area (Å²) in [7, 11) is 0. The minimum atomic E-state index is 1.15. The van der Waals surface area contributed by atoms with Crippen LogP contribution in [0.1, 0.15) is 0 Å². The number of hydrogen-bond donors (Lipinski definition) is 0. The molecule has 3 nitrogen and oxygen atoms in total. The minimum absolute atomic E-state index is 1.15. The third kappa shape index (κ3) is 3.14. The van der Waals surface area contributed by atoms with Crippen LogP contribution in [0, 0.1) is 0 Å². The molecule has 9 aromatic rings. The van der Waals surface area contributed by atoms with Crippen LogP contribution in [0.3, 0.4) is 0 Å². The third-order valence-electron chi connectivity index (χ3n) is 8.47. The first-order chi connectivity index (χ1) is 20.4. The van der Waals surface area contributed by atoms with Gasteiger partial charge in [-0.25, -0.2) is 0 Å². The van der Waals surface area contributed by atoms with E-state index in [1.807, 2.05) is 0 Å². The van der Waals surface area contributed by atoms with Gasteiger partial charge in [0, 0.05) is 50.2 Å². The quantitative estimate of drug-likeness (QED) is 0.219. The van der Waals surface area contributed by atoms with E-state index >= 15 is 0 Å². The van der Waals surface area contributed by atoms with E-state index in [4.69, 9.17) is 0 Å². The van der Waals surface area contributed by atoms with Gasteiger partial charge in [0.05, 0.1) is 27.6 Å². The lowest BCUT2D eigenvalue weighted by Gasteiger charge is -2.13. The van der Waals surface area contributed by atoms with E-state index in [1.54, 1.807) is 0 Å². The van der Waals surface area contributed by atoms with Crippen molar-refractivity contribution in [2.45, 2.75) is 0 Å². The van der Waals surface area contributed by atoms with Gasteiger partial charge in [-0.2, -0.15) is 0 Å². The normalized spacial score (nSPS) is 11.9. The van der Waals surface area contributed by atoms with Crippen LogP contribution in [0.4, 0.5) is 0 Å². The second kappa shape index (κ2) is 8.48. The highest BCUT2D eigenvalue weighted by Crippen LogP contribution is 2.38. The summed E-state index contributed by atoms with van der Waals surface area (Å²) >= 11 is 0. The monoisotopic (exact) mass is 523 g/mol. The number of para-hydroxylation sites is 4. The van der Waals surface area contributed by atoms with E-state index in [1.165, 1.54) is 54.5 Å². The Kier molecular flexibility index (Phi) is 4.61. The minimum Gasteiger partial charge on any atom is -0.315 e. The molecule has 3 heterocycles. The Morgan fingerprint density at radius 3 is 1.46 bits per heavy atom. The lowest BCUT2D eigenvalue weighted by atomic mass is 10.1. The molecule has 0 amide bonds. The van der Waals surface area contributed by atoms with Crippen molar-refractivity contribution in [3.05, 3.63) is 152 Å². The van der Waals surface area contributed by atoms with Gasteiger partial charge in [-0.3, -0.25) is 0 Å². The zero-order chi connectivity index (χ0) is 26.9. The first-order valence-electron chi connectivity index (χ1n) is 14.0. The lowest BCUT2D eigenvalue weighted by molar-refractivity contribution is 1.11. The summed E-state index contributed by atoms with van der Waals surface area (Å²) in [5.74, 6) is 0. The van der Waals surface area contributed by atoms with E-state index in [0.29, 0.717) is 0 Å². The molecule has 0 aliphatic heterocycles. The summed E-state index contributed by atoms with van der Waals surface area (Å²) in [5.41, 5.74) is 9.56. The zero-order valence-electron chi connectivity index (χ0n) is 22.3. The summed E-state index contributed by atoms with van der Waals surface area (Å²) in [6, 6.07) is 52.5. The lowest BCUT2D eigenvalue weighted by Crippen LogP contribution is -1.99. The first kappa shape index (κ1) is 22.3. The zero-order valence-corrected chi connectivity index (χ0v) is 22.3. The highest BCUT2D eigenvalue weighted by Gasteiger charge is 2.18. The van der Waals surface area contributed by atoms with Crippen molar-refractivity contribution in [3.8, 4) is 17.1 Å². The molecule has 0 saturated heterocycles. The van der Waals surface area contributed by atoms with E-state index in [0.717, 1.165) is 17.1 Å². The van der Waals surface area contributed by atoms with Crippen LogP contribution in [0.5, 0.6) is 0 Å². The highest BCUT2D eigenvalue weighted by molar-refractivity contribution is 6.18. The number of nitrogens with zero attached hydrogens (tertiary/aromatic N) is 3. The molecule has 0 radical (unpaired) electrons. The summed E-state index contributed by atoms with van der Waals surface area (Å²) in [6.07, 6.45) is 2.19. The molecule has 3 heteroatoms. The number of hydrogen-bond acceptors (Lipinski definition) is 0. The maximum atomic E-state index is 2.43. The summed E-state index contributed by atoms with van der Waals surface area (Å²) < 4.78 is 7.13. The number of fused-ring (bicyclic) bond motifs is 8. The molecule has 0 aliphatic carbocycles. The van der Waals surface area contributed by atoms with Crippen molar-refractivity contribution in [1.29, 1.82) is 0 Å². The molecule has 0 N–H and O–H groups in total. The van der Waals surface area contributed by atoms with Gasteiger partial charge in [-0.05, 0) is 60.7 Å². The Labute approximate surface area is 236 Å². The summed E-state index contributed by atoms with van der Waals surface area (Å²) in [5, 5.41) is 6.30. The molecule has 192 valence electrons. The van der Waals surface area contributed by atoms with E-state index in [-0.39, 0.29) is 0 Å². The van der Waals surface area contributed by atoms with Crippen LogP contribution >= 0.6 is 0 Å². The maximum Gasteiger partial charge on any atom is 0.0788 e. The Hall–Kier alpha value is -5.54. The van der Waals surface area contributed by atoms with Crippen LogP contribution < -0.4 is 0 Å². The molecule has 0 fully saturated rings. The largest absolute Gasteiger partial charge is 0.315 e. The van der Waals surface area contributed by atoms with Crippen LogP contribution in [-0.4, -0.2) is 13.7 Å². The molecular weight excluding hydrogens is 498 g/mol. The number of aromatic nitrogens is 3. The highest BCUT2D eigenvalue weighted by atomic mass is 15.0. The second-order valence-electron chi connectivity index (χ2n) is 10.7. The Morgan fingerprint density at radius 2 is 0.829 bits per heavy atom. The van der Waals surface area contributed by atoms with Gasteiger partial charge in [-0.1, -0.05) is 84.9 Å². The van der Waals surface area contributed by atoms with Gasteiger partial charge < -0.3 is 13.7 Å². The molecule has 0 aliphatic rings. The second-order valence-corrected chi connectivity index (χ2v) is 10.7. The van der Waals surface area contributed by atoms with Crippen LogP contribution in [0.2, 0.25) is 0 Å². The fraction of sp³-hybridized carbons (Fsp3) is 0. The van der Waals surface area contributed by atoms with Crippen molar-refractivity contribution in [2.24, 2.45) is 0 Å². The average Bonchev–Trinajstić information content (AvgIpc) is 3.72. The molecule has 0 spiro atoms. The van der Waals surface area contributed by atoms with Crippen LogP contribution in [0.25, 0.3) is 71.6 Å². The molecule has 0 saturated carbocycles. The predicted molar refractivity (Wildman–Crippen MR) is 172 cm³/mol. The van der Waals surface area contributed by atoms with Crippen molar-refractivity contribution >= 4 is 54.5 Å². The van der Waals surface area contributed by atoms with Gasteiger partial charge in [-0.15, -0.1) is 0 Å². The molecule has 6 aromatic carbocycles. The van der Waals surface area contributed by atoms with Crippen molar-refractivity contribution < 1.29 is 0 Å². The number of benzene rings is 6. The fourth-order valence-electron chi connectivity index (χ4n) is 6.70. The molecule has 3 aromatic heterocycles. The third-order valence-corrected chi connectivity index (χ3v) is 8.47. The molecule has 0 atom stereocenters. The van der Waals surface area contributed by atoms with Gasteiger partial charge >= 0.3 is 0 Å². The summed E-state index contributed by atoms with van der Waals surface area (Å²) in [4.78, 5) is 0. The maximum absolute atomic E-state index is 2.43. The van der Waals surface area contributed by atoms with Crippen molar-refractivity contribution in [3.63, 3.8) is 0 Å². The Morgan fingerprint density at radius 1 is 0.317 bits per heavy atom. The number of rotatable bonds is 3. The standard InChI is InChI=1S/C38H25N3/c1-2-10-27(11-3-1)39-25-24-26-18-23-33-32-14-6-9-17-36(32)41(38(33)37(26)39)29-21-19-28(20-22-29)40-34-15-7-4-12-30(34)31-13-5-8-16-35(31)40/h1-25H. The molecule has 0 bridgehead atoms.